The van der Waals surface area contributed by atoms with Gasteiger partial charge in [0.25, 0.3) is 0 Å². The smallest absolute Gasteiger partial charge is 0.116 e. The molecular formula is C15H29N3. The van der Waals surface area contributed by atoms with Gasteiger partial charge in [-0.15, -0.1) is 0 Å². The van der Waals surface area contributed by atoms with Crippen LogP contribution in [0.15, 0.2) is 0 Å². The average molecular weight is 251 g/mol. The summed E-state index contributed by atoms with van der Waals surface area (Å²) in [7, 11) is 0. The fraction of sp³-hybridized carbons (Fsp3) is 0.933. The Balaban J connectivity index is 2.62. The minimum atomic E-state index is -0.429. The second-order valence-electron chi connectivity index (χ2n) is 6.10. The summed E-state index contributed by atoms with van der Waals surface area (Å²) in [5.74, 6) is 0. The number of likely N-dealkylation sites (N-methyl/N-ethyl adjacent to an activating group) is 1. The van der Waals surface area contributed by atoms with Gasteiger partial charge in [-0.05, 0) is 40.2 Å². The van der Waals surface area contributed by atoms with Crippen LogP contribution < -0.4 is 5.32 Å². The highest BCUT2D eigenvalue weighted by Gasteiger charge is 2.30. The minimum Gasteiger partial charge on any atom is -0.298 e. The molecule has 1 unspecified atom stereocenters. The Morgan fingerprint density at radius 3 is 2.39 bits per heavy atom. The molecule has 0 spiro atoms. The summed E-state index contributed by atoms with van der Waals surface area (Å²) in [5, 5.41) is 12.8. The zero-order chi connectivity index (χ0) is 13.6. The van der Waals surface area contributed by atoms with Gasteiger partial charge in [0.05, 0.1) is 6.07 Å². The molecule has 0 aromatic rings. The number of hydrogen-bond acceptors (Lipinski definition) is 3. The highest BCUT2D eigenvalue weighted by atomic mass is 15.2. The quantitative estimate of drug-likeness (QED) is 0.789. The van der Waals surface area contributed by atoms with Gasteiger partial charge in [-0.25, -0.2) is 0 Å². The number of nitrogens with zero attached hydrogens (tertiary/aromatic N) is 2. The first kappa shape index (κ1) is 15.5. The molecule has 1 aliphatic carbocycles. The summed E-state index contributed by atoms with van der Waals surface area (Å²) in [6.45, 7) is 10.3. The van der Waals surface area contributed by atoms with Gasteiger partial charge in [-0.1, -0.05) is 26.2 Å². The molecule has 1 aliphatic rings. The van der Waals surface area contributed by atoms with Crippen molar-refractivity contribution >= 4 is 0 Å². The van der Waals surface area contributed by atoms with Crippen molar-refractivity contribution < 1.29 is 0 Å². The second kappa shape index (κ2) is 7.11. The Bertz CT molecular complexity index is 276. The molecule has 1 atom stereocenters. The van der Waals surface area contributed by atoms with Crippen molar-refractivity contribution in [1.82, 2.24) is 10.2 Å². The maximum atomic E-state index is 9.44. The largest absolute Gasteiger partial charge is 0.298 e. The van der Waals surface area contributed by atoms with E-state index >= 15 is 0 Å². The van der Waals surface area contributed by atoms with E-state index in [-0.39, 0.29) is 0 Å². The van der Waals surface area contributed by atoms with Gasteiger partial charge in [-0.3, -0.25) is 10.2 Å². The van der Waals surface area contributed by atoms with E-state index in [1.54, 1.807) is 0 Å². The lowest BCUT2D eigenvalue weighted by Gasteiger charge is -2.38. The summed E-state index contributed by atoms with van der Waals surface area (Å²) in [6, 6.07) is 3.49. The Morgan fingerprint density at radius 1 is 1.33 bits per heavy atom. The molecular weight excluding hydrogens is 222 g/mol. The monoisotopic (exact) mass is 251 g/mol. The molecule has 0 aromatic heterocycles. The van der Waals surface area contributed by atoms with Gasteiger partial charge in [0.15, 0.2) is 0 Å². The van der Waals surface area contributed by atoms with Gasteiger partial charge in [-0.2, -0.15) is 5.26 Å². The van der Waals surface area contributed by atoms with Crippen LogP contribution in [0.5, 0.6) is 0 Å². The lowest BCUT2D eigenvalue weighted by molar-refractivity contribution is 0.133. The first-order chi connectivity index (χ1) is 8.50. The fourth-order valence-corrected chi connectivity index (χ4v) is 3.10. The van der Waals surface area contributed by atoms with Crippen molar-refractivity contribution in [1.29, 1.82) is 5.26 Å². The molecule has 3 nitrogen and oxygen atoms in total. The molecule has 0 amide bonds. The summed E-state index contributed by atoms with van der Waals surface area (Å²) in [4.78, 5) is 2.50. The summed E-state index contributed by atoms with van der Waals surface area (Å²) < 4.78 is 0. The van der Waals surface area contributed by atoms with Gasteiger partial charge < -0.3 is 0 Å². The van der Waals surface area contributed by atoms with Crippen molar-refractivity contribution in [2.24, 2.45) is 0 Å². The van der Waals surface area contributed by atoms with E-state index in [1.807, 2.05) is 6.92 Å². The van der Waals surface area contributed by atoms with Crippen molar-refractivity contribution in [2.45, 2.75) is 77.4 Å². The first-order valence-electron chi connectivity index (χ1n) is 7.43. The second-order valence-corrected chi connectivity index (χ2v) is 6.10. The van der Waals surface area contributed by atoms with Gasteiger partial charge in [0.2, 0.25) is 0 Å². The molecule has 0 radical (unpaired) electrons. The fourth-order valence-electron chi connectivity index (χ4n) is 3.10. The van der Waals surface area contributed by atoms with E-state index in [9.17, 15) is 5.26 Å². The molecule has 0 aromatic carbocycles. The van der Waals surface area contributed by atoms with E-state index in [0.29, 0.717) is 12.1 Å². The summed E-state index contributed by atoms with van der Waals surface area (Å²) >= 11 is 0. The highest BCUT2D eigenvalue weighted by molar-refractivity contribution is 5.07. The number of hydrogen-bond donors (Lipinski definition) is 1. The van der Waals surface area contributed by atoms with Crippen LogP contribution in [-0.2, 0) is 0 Å². The SMILES string of the molecule is CCN(CC(C)(C#N)NC(C)C)C1CCCCC1. The van der Waals surface area contributed by atoms with Gasteiger partial charge in [0, 0.05) is 18.6 Å². The van der Waals surface area contributed by atoms with E-state index in [1.165, 1.54) is 32.1 Å². The zero-order valence-corrected chi connectivity index (χ0v) is 12.5. The first-order valence-corrected chi connectivity index (χ1v) is 7.43. The van der Waals surface area contributed by atoms with Gasteiger partial charge in [0.1, 0.15) is 5.54 Å². The molecule has 1 saturated carbocycles. The van der Waals surface area contributed by atoms with Crippen molar-refractivity contribution in [3.8, 4) is 6.07 Å². The van der Waals surface area contributed by atoms with Crippen molar-refractivity contribution in [3.05, 3.63) is 0 Å². The third-order valence-corrected chi connectivity index (χ3v) is 3.87. The standard InChI is InChI=1S/C15H29N3/c1-5-18(14-9-7-6-8-10-14)12-15(4,11-16)17-13(2)3/h13-14,17H,5-10,12H2,1-4H3. The Hall–Kier alpha value is -0.590. The normalized spacial score (nSPS) is 20.9. The third kappa shape index (κ3) is 4.59. The molecule has 0 aliphatic heterocycles. The van der Waals surface area contributed by atoms with Crippen LogP contribution in [0.3, 0.4) is 0 Å². The molecule has 1 fully saturated rings. The maximum absolute atomic E-state index is 9.44. The van der Waals surface area contributed by atoms with Crippen LogP contribution in [0.25, 0.3) is 0 Å². The minimum absolute atomic E-state index is 0.347. The highest BCUT2D eigenvalue weighted by Crippen LogP contribution is 2.23. The molecule has 18 heavy (non-hydrogen) atoms. The van der Waals surface area contributed by atoms with Crippen LogP contribution in [0.2, 0.25) is 0 Å². The van der Waals surface area contributed by atoms with Crippen LogP contribution in [0, 0.1) is 11.3 Å². The lowest BCUT2D eigenvalue weighted by Crippen LogP contribution is -2.55. The number of nitrogens with one attached hydrogen (secondary N) is 1. The molecule has 3 heteroatoms. The topological polar surface area (TPSA) is 39.1 Å². The Morgan fingerprint density at radius 2 is 1.94 bits per heavy atom. The van der Waals surface area contributed by atoms with E-state index in [2.05, 4.69) is 37.1 Å². The average Bonchev–Trinajstić information content (AvgIpc) is 2.36. The summed E-state index contributed by atoms with van der Waals surface area (Å²) in [5.41, 5.74) is -0.429. The number of rotatable bonds is 6. The van der Waals surface area contributed by atoms with Gasteiger partial charge >= 0.3 is 0 Å². The zero-order valence-electron chi connectivity index (χ0n) is 12.5. The molecule has 104 valence electrons. The van der Waals surface area contributed by atoms with Crippen LogP contribution in [0.4, 0.5) is 0 Å². The predicted octanol–water partition coefficient (Wildman–Crippen LogP) is 2.92. The predicted molar refractivity (Wildman–Crippen MR) is 76.4 cm³/mol. The maximum Gasteiger partial charge on any atom is 0.116 e. The summed E-state index contributed by atoms with van der Waals surface area (Å²) in [6.07, 6.45) is 6.69. The number of nitriles is 1. The van der Waals surface area contributed by atoms with Crippen molar-refractivity contribution in [3.63, 3.8) is 0 Å². The van der Waals surface area contributed by atoms with Crippen molar-refractivity contribution in [2.75, 3.05) is 13.1 Å². The molecule has 0 heterocycles. The molecule has 1 rings (SSSR count). The molecule has 0 bridgehead atoms. The van der Waals surface area contributed by atoms with E-state index < -0.39 is 5.54 Å². The van der Waals surface area contributed by atoms with Crippen LogP contribution in [0.1, 0.15) is 59.8 Å². The Labute approximate surface area is 113 Å². The van der Waals surface area contributed by atoms with E-state index in [0.717, 1.165) is 13.1 Å². The lowest BCUT2D eigenvalue weighted by atomic mass is 9.92. The van der Waals surface area contributed by atoms with E-state index in [4.69, 9.17) is 0 Å². The molecule has 0 saturated heterocycles. The third-order valence-electron chi connectivity index (χ3n) is 3.87. The Kier molecular flexibility index (Phi) is 6.11. The van der Waals surface area contributed by atoms with Crippen LogP contribution >= 0.6 is 0 Å². The molecule has 1 N–H and O–H groups in total. The van der Waals surface area contributed by atoms with Crippen LogP contribution in [-0.4, -0.2) is 35.6 Å².